The Kier molecular flexibility index (Phi) is 5.83. The number of benzene rings is 1. The summed E-state index contributed by atoms with van der Waals surface area (Å²) in [5, 5.41) is 23.2. The van der Waals surface area contributed by atoms with Crippen molar-refractivity contribution in [2.24, 2.45) is 0 Å². The van der Waals surface area contributed by atoms with Crippen molar-refractivity contribution < 1.29 is 32.9 Å². The number of aromatic nitrogens is 1. The minimum Gasteiger partial charge on any atom is -0.491 e. The van der Waals surface area contributed by atoms with Gasteiger partial charge in [-0.1, -0.05) is 24.3 Å². The number of aliphatic hydroxyl groups is 2. The number of nitrogens with zero attached hydrogens (tertiary/aromatic N) is 1. The van der Waals surface area contributed by atoms with Crippen molar-refractivity contribution in [1.82, 2.24) is 4.98 Å². The van der Waals surface area contributed by atoms with Gasteiger partial charge in [-0.25, -0.2) is 4.98 Å². The van der Waals surface area contributed by atoms with Gasteiger partial charge in [-0.05, 0) is 24.3 Å². The second-order valence-electron chi connectivity index (χ2n) is 6.13. The third kappa shape index (κ3) is 4.88. The van der Waals surface area contributed by atoms with Gasteiger partial charge in [0.1, 0.15) is 42.2 Å². The fourth-order valence-corrected chi connectivity index (χ4v) is 2.71. The first kappa shape index (κ1) is 19.4. The van der Waals surface area contributed by atoms with Crippen molar-refractivity contribution in [1.29, 1.82) is 0 Å². The van der Waals surface area contributed by atoms with Gasteiger partial charge >= 0.3 is 6.18 Å². The average Bonchev–Trinajstić information content (AvgIpc) is 2.65. The Morgan fingerprint density at radius 2 is 1.81 bits per heavy atom. The summed E-state index contributed by atoms with van der Waals surface area (Å²) in [4.78, 5) is 3.48. The molecular weight excluding hydrogens is 365 g/mol. The molecule has 2 heterocycles. The molecule has 0 bridgehead atoms. The van der Waals surface area contributed by atoms with Gasteiger partial charge in [0.2, 0.25) is 0 Å². The van der Waals surface area contributed by atoms with Crippen LogP contribution in [-0.2, 0) is 10.9 Å². The Balaban J connectivity index is 1.59. The van der Waals surface area contributed by atoms with Crippen LogP contribution >= 0.6 is 0 Å². The molecule has 0 amide bonds. The Labute approximate surface area is 153 Å². The van der Waals surface area contributed by atoms with Crippen LogP contribution in [0.25, 0.3) is 0 Å². The molecule has 1 aliphatic heterocycles. The van der Waals surface area contributed by atoms with Crippen LogP contribution in [0.1, 0.15) is 5.69 Å². The van der Waals surface area contributed by atoms with Crippen molar-refractivity contribution >= 4 is 5.82 Å². The van der Waals surface area contributed by atoms with Crippen LogP contribution in [0, 0.1) is 0 Å². The molecule has 0 aliphatic carbocycles. The smallest absolute Gasteiger partial charge is 0.433 e. The van der Waals surface area contributed by atoms with Gasteiger partial charge in [-0.2, -0.15) is 13.2 Å². The van der Waals surface area contributed by atoms with Crippen molar-refractivity contribution in [3.63, 3.8) is 0 Å². The summed E-state index contributed by atoms with van der Waals surface area (Å²) < 4.78 is 49.3. The number of para-hydroxylation sites is 1. The van der Waals surface area contributed by atoms with Gasteiger partial charge in [-0.3, -0.25) is 0 Å². The van der Waals surface area contributed by atoms with E-state index in [0.717, 1.165) is 6.07 Å². The van der Waals surface area contributed by atoms with E-state index in [1.165, 1.54) is 12.1 Å². The molecule has 3 rings (SSSR count). The molecule has 27 heavy (non-hydrogen) atoms. The summed E-state index contributed by atoms with van der Waals surface area (Å²) >= 11 is 0. The van der Waals surface area contributed by atoms with E-state index < -0.39 is 36.2 Å². The lowest BCUT2D eigenvalue weighted by molar-refractivity contribution is -0.150. The maximum absolute atomic E-state index is 12.7. The molecule has 4 atom stereocenters. The van der Waals surface area contributed by atoms with Crippen molar-refractivity contribution in [2.45, 2.75) is 30.5 Å². The van der Waals surface area contributed by atoms with E-state index in [9.17, 15) is 23.4 Å². The van der Waals surface area contributed by atoms with E-state index in [0.29, 0.717) is 5.75 Å². The maximum atomic E-state index is 12.7. The van der Waals surface area contributed by atoms with E-state index in [-0.39, 0.29) is 19.0 Å². The lowest BCUT2D eigenvalue weighted by Gasteiger charge is -2.38. The number of anilines is 1. The topological polar surface area (TPSA) is 83.8 Å². The molecule has 1 aliphatic rings. The first-order valence-electron chi connectivity index (χ1n) is 8.31. The first-order valence-corrected chi connectivity index (χ1v) is 8.31. The Hall–Kier alpha value is -2.36. The largest absolute Gasteiger partial charge is 0.491 e. The molecule has 1 aromatic carbocycles. The Bertz CT molecular complexity index is 745. The van der Waals surface area contributed by atoms with Crippen LogP contribution in [0.4, 0.5) is 19.0 Å². The third-order valence-corrected chi connectivity index (χ3v) is 4.16. The van der Waals surface area contributed by atoms with E-state index in [4.69, 9.17) is 9.47 Å². The molecule has 1 fully saturated rings. The molecule has 0 radical (unpaired) electrons. The van der Waals surface area contributed by atoms with E-state index in [1.54, 1.807) is 24.3 Å². The summed E-state index contributed by atoms with van der Waals surface area (Å²) in [7, 11) is 0. The van der Waals surface area contributed by atoms with Gasteiger partial charge in [0.15, 0.2) is 0 Å². The lowest BCUT2D eigenvalue weighted by atomic mass is 9.98. The van der Waals surface area contributed by atoms with Crippen molar-refractivity contribution in [3.05, 3.63) is 54.2 Å². The molecule has 0 spiro atoms. The van der Waals surface area contributed by atoms with Crippen LogP contribution in [0.2, 0.25) is 0 Å². The number of aliphatic hydroxyl groups excluding tert-OH is 2. The highest BCUT2D eigenvalue weighted by Crippen LogP contribution is 2.28. The van der Waals surface area contributed by atoms with Crippen LogP contribution in [0.15, 0.2) is 48.5 Å². The average molecular weight is 384 g/mol. The zero-order chi connectivity index (χ0) is 19.4. The number of nitrogens with one attached hydrogen (secondary N) is 1. The Morgan fingerprint density at radius 1 is 1.07 bits per heavy atom. The fourth-order valence-electron chi connectivity index (χ4n) is 2.71. The molecule has 9 heteroatoms. The van der Waals surface area contributed by atoms with Gasteiger partial charge in [0.25, 0.3) is 0 Å². The number of hydrogen-bond donors (Lipinski definition) is 3. The molecule has 3 N–H and O–H groups in total. The summed E-state index contributed by atoms with van der Waals surface area (Å²) in [5.74, 6) is 0.528. The predicted octanol–water partition coefficient (Wildman–Crippen LogP) is 2.08. The van der Waals surface area contributed by atoms with Gasteiger partial charge in [-0.15, -0.1) is 0 Å². The maximum Gasteiger partial charge on any atom is 0.433 e. The van der Waals surface area contributed by atoms with E-state index >= 15 is 0 Å². The van der Waals surface area contributed by atoms with Gasteiger partial charge in [0, 0.05) is 0 Å². The minimum absolute atomic E-state index is 0.0246. The van der Waals surface area contributed by atoms with Crippen LogP contribution in [-0.4, -0.2) is 52.8 Å². The van der Waals surface area contributed by atoms with Crippen LogP contribution in [0.3, 0.4) is 0 Å². The molecular formula is C18H19F3N2O4. The number of rotatable bonds is 5. The normalized spacial score (nSPS) is 25.8. The molecule has 2 aromatic rings. The molecule has 0 unspecified atom stereocenters. The highest BCUT2D eigenvalue weighted by Gasteiger charge is 2.39. The number of pyridine rings is 1. The number of halogens is 3. The lowest BCUT2D eigenvalue weighted by Crippen LogP contribution is -2.57. The fraction of sp³-hybridized carbons (Fsp3) is 0.389. The van der Waals surface area contributed by atoms with Crippen LogP contribution in [0.5, 0.6) is 5.75 Å². The van der Waals surface area contributed by atoms with Crippen molar-refractivity contribution in [3.8, 4) is 5.75 Å². The monoisotopic (exact) mass is 384 g/mol. The van der Waals surface area contributed by atoms with Crippen LogP contribution < -0.4 is 10.1 Å². The summed E-state index contributed by atoms with van der Waals surface area (Å²) in [6.45, 7) is -0.00423. The molecule has 1 aromatic heterocycles. The van der Waals surface area contributed by atoms with E-state index in [1.807, 2.05) is 6.07 Å². The second kappa shape index (κ2) is 8.12. The molecule has 146 valence electrons. The van der Waals surface area contributed by atoms with Crippen molar-refractivity contribution in [2.75, 3.05) is 18.5 Å². The minimum atomic E-state index is -4.57. The van der Waals surface area contributed by atoms with E-state index in [2.05, 4.69) is 10.3 Å². The SMILES string of the molecule is O[C@@H]1[C@H](O)[C@@H](Nc2cccc(C(F)(F)F)n2)CO[C@@H]1COc1ccccc1. The summed E-state index contributed by atoms with van der Waals surface area (Å²) in [6, 6.07) is 11.5. The number of hydrogen-bond acceptors (Lipinski definition) is 6. The zero-order valence-electron chi connectivity index (χ0n) is 14.1. The summed E-state index contributed by atoms with van der Waals surface area (Å²) in [6.07, 6.45) is -7.88. The summed E-state index contributed by atoms with van der Waals surface area (Å²) in [5.41, 5.74) is -1.05. The first-order chi connectivity index (χ1) is 12.8. The highest BCUT2D eigenvalue weighted by atomic mass is 19.4. The zero-order valence-corrected chi connectivity index (χ0v) is 14.1. The Morgan fingerprint density at radius 3 is 2.52 bits per heavy atom. The standard InChI is InChI=1S/C18H19F3N2O4/c19-18(20,21)14-7-4-8-15(23-14)22-12-9-27-13(17(25)16(12)24)10-26-11-5-2-1-3-6-11/h1-8,12-13,16-17,24-25H,9-10H2,(H,22,23)/t12-,13+,16+,17-/m0/s1. The number of ether oxygens (including phenoxy) is 2. The molecule has 0 saturated carbocycles. The second-order valence-corrected chi connectivity index (χ2v) is 6.13. The molecule has 1 saturated heterocycles. The van der Waals surface area contributed by atoms with Gasteiger partial charge < -0.3 is 25.0 Å². The quantitative estimate of drug-likeness (QED) is 0.732. The number of alkyl halides is 3. The predicted molar refractivity (Wildman–Crippen MR) is 90.3 cm³/mol. The molecule has 6 nitrogen and oxygen atoms in total. The van der Waals surface area contributed by atoms with Gasteiger partial charge in [0.05, 0.1) is 12.6 Å². The third-order valence-electron chi connectivity index (χ3n) is 4.16. The highest BCUT2D eigenvalue weighted by molar-refractivity contribution is 5.38.